The van der Waals surface area contributed by atoms with Crippen LogP contribution in [-0.2, 0) is 16.0 Å². The smallest absolute Gasteiger partial charge is 0.307 e. The van der Waals surface area contributed by atoms with E-state index in [-0.39, 0.29) is 5.91 Å². The third-order valence-electron chi connectivity index (χ3n) is 3.80. The number of hydrogen-bond donors (Lipinski definition) is 2. The first kappa shape index (κ1) is 16.9. The Bertz CT molecular complexity index is 803. The normalized spacial score (nSPS) is 19.1. The Balaban J connectivity index is 1.69. The Kier molecular flexibility index (Phi) is 4.56. The summed E-state index contributed by atoms with van der Waals surface area (Å²) < 4.78 is 13.4. The van der Waals surface area contributed by atoms with Crippen molar-refractivity contribution < 1.29 is 19.1 Å². The minimum atomic E-state index is -0.945. The van der Waals surface area contributed by atoms with E-state index in [1.165, 1.54) is 23.5 Å². The maximum atomic E-state index is 13.4. The average molecular weight is 369 g/mol. The van der Waals surface area contributed by atoms with Crippen molar-refractivity contribution in [1.29, 1.82) is 0 Å². The number of hydrogen-bond acceptors (Lipinski definition) is 4. The zero-order chi connectivity index (χ0) is 17.4. The SMILES string of the molecule is Cc1nc(Cc2cc(F)cc(Cl)c2)sc1NC(=O)[C@H]1C[C@H]1C(=O)O. The standard InChI is InChI=1S/C16H14ClFN2O3S/c1-7-15(20-14(21)11-6-12(11)16(22)23)24-13(19-7)4-8-2-9(17)5-10(18)3-8/h2-3,5,11-12H,4,6H2,1H3,(H,20,21)(H,22,23)/t11-,12+/m0/s1. The van der Waals surface area contributed by atoms with Crippen LogP contribution >= 0.6 is 22.9 Å². The second-order valence-electron chi connectivity index (χ2n) is 5.75. The molecule has 1 heterocycles. The van der Waals surface area contributed by atoms with Gasteiger partial charge in [-0.15, -0.1) is 11.3 Å². The lowest BCUT2D eigenvalue weighted by atomic mass is 10.1. The Morgan fingerprint density at radius 1 is 1.42 bits per heavy atom. The van der Waals surface area contributed by atoms with Crippen molar-refractivity contribution in [1.82, 2.24) is 4.98 Å². The number of aliphatic carboxylic acids is 1. The number of carbonyl (C=O) groups is 2. The first-order chi connectivity index (χ1) is 11.3. The van der Waals surface area contributed by atoms with Gasteiger partial charge in [-0.25, -0.2) is 9.37 Å². The number of aromatic nitrogens is 1. The van der Waals surface area contributed by atoms with Gasteiger partial charge < -0.3 is 10.4 Å². The van der Waals surface area contributed by atoms with Crippen molar-refractivity contribution in [2.75, 3.05) is 5.32 Å². The van der Waals surface area contributed by atoms with Crippen LogP contribution in [0.25, 0.3) is 0 Å². The molecule has 0 aliphatic heterocycles. The number of rotatable bonds is 5. The van der Waals surface area contributed by atoms with Gasteiger partial charge in [-0.1, -0.05) is 11.6 Å². The van der Waals surface area contributed by atoms with Crippen LogP contribution in [0, 0.1) is 24.6 Å². The van der Waals surface area contributed by atoms with Crippen molar-refractivity contribution in [3.63, 3.8) is 0 Å². The predicted molar refractivity (Wildman–Crippen MR) is 88.9 cm³/mol. The summed E-state index contributed by atoms with van der Waals surface area (Å²) in [4.78, 5) is 27.2. The monoisotopic (exact) mass is 368 g/mol. The fourth-order valence-corrected chi connectivity index (χ4v) is 3.74. The van der Waals surface area contributed by atoms with Crippen LogP contribution in [0.15, 0.2) is 18.2 Å². The zero-order valence-corrected chi connectivity index (χ0v) is 14.2. The number of carboxylic acids is 1. The highest BCUT2D eigenvalue weighted by molar-refractivity contribution is 7.16. The molecule has 1 amide bonds. The molecule has 1 fully saturated rings. The quantitative estimate of drug-likeness (QED) is 0.846. The minimum Gasteiger partial charge on any atom is -0.481 e. The molecule has 5 nitrogen and oxygen atoms in total. The summed E-state index contributed by atoms with van der Waals surface area (Å²) in [5, 5.41) is 13.2. The van der Waals surface area contributed by atoms with Gasteiger partial charge in [-0.2, -0.15) is 0 Å². The van der Waals surface area contributed by atoms with Gasteiger partial charge >= 0.3 is 5.97 Å². The number of amides is 1. The molecule has 1 aliphatic carbocycles. The first-order valence-electron chi connectivity index (χ1n) is 7.28. The van der Waals surface area contributed by atoms with Gasteiger partial charge in [-0.3, -0.25) is 9.59 Å². The molecule has 2 N–H and O–H groups in total. The molecule has 3 rings (SSSR count). The molecule has 126 valence electrons. The summed E-state index contributed by atoms with van der Waals surface area (Å²) in [7, 11) is 0. The van der Waals surface area contributed by atoms with E-state index in [0.717, 1.165) is 5.01 Å². The Morgan fingerprint density at radius 3 is 2.79 bits per heavy atom. The third-order valence-corrected chi connectivity index (χ3v) is 5.09. The Hall–Kier alpha value is -1.99. The fraction of sp³-hybridized carbons (Fsp3) is 0.312. The summed E-state index contributed by atoms with van der Waals surface area (Å²) >= 11 is 7.13. The molecule has 24 heavy (non-hydrogen) atoms. The molecular weight excluding hydrogens is 355 g/mol. The molecule has 0 unspecified atom stereocenters. The summed E-state index contributed by atoms with van der Waals surface area (Å²) in [6.45, 7) is 1.76. The molecular formula is C16H14ClFN2O3S. The molecule has 1 aliphatic rings. The molecule has 1 saturated carbocycles. The average Bonchev–Trinajstić information content (AvgIpc) is 3.19. The Morgan fingerprint density at radius 2 is 2.17 bits per heavy atom. The van der Waals surface area contributed by atoms with Crippen LogP contribution in [0.3, 0.4) is 0 Å². The molecule has 2 aromatic rings. The first-order valence-corrected chi connectivity index (χ1v) is 8.48. The lowest BCUT2D eigenvalue weighted by Crippen LogP contribution is -2.16. The predicted octanol–water partition coefficient (Wildman–Crippen LogP) is 3.49. The Labute approximate surface area is 146 Å². The van der Waals surface area contributed by atoms with E-state index in [2.05, 4.69) is 10.3 Å². The number of carboxylic acid groups (broad SMARTS) is 1. The van der Waals surface area contributed by atoms with Crippen molar-refractivity contribution in [2.24, 2.45) is 11.8 Å². The number of benzene rings is 1. The molecule has 0 bridgehead atoms. The molecule has 0 spiro atoms. The maximum Gasteiger partial charge on any atom is 0.307 e. The summed E-state index contributed by atoms with van der Waals surface area (Å²) in [5.41, 5.74) is 1.35. The minimum absolute atomic E-state index is 0.297. The lowest BCUT2D eigenvalue weighted by molar-refractivity contribution is -0.139. The number of aryl methyl sites for hydroxylation is 1. The highest BCUT2D eigenvalue weighted by Gasteiger charge is 2.48. The van der Waals surface area contributed by atoms with Crippen LogP contribution in [0.1, 0.15) is 22.7 Å². The van der Waals surface area contributed by atoms with Crippen LogP contribution in [0.5, 0.6) is 0 Å². The second-order valence-corrected chi connectivity index (χ2v) is 7.27. The van der Waals surface area contributed by atoms with Crippen LogP contribution in [-0.4, -0.2) is 22.0 Å². The van der Waals surface area contributed by atoms with Crippen LogP contribution in [0.4, 0.5) is 9.39 Å². The molecule has 0 saturated heterocycles. The molecule has 2 atom stereocenters. The number of anilines is 1. The summed E-state index contributed by atoms with van der Waals surface area (Å²) in [5.74, 6) is -2.72. The third kappa shape index (κ3) is 3.73. The molecule has 1 aromatic carbocycles. The van der Waals surface area contributed by atoms with Crippen molar-refractivity contribution in [3.05, 3.63) is 45.3 Å². The van der Waals surface area contributed by atoms with E-state index in [4.69, 9.17) is 16.7 Å². The number of nitrogens with zero attached hydrogens (tertiary/aromatic N) is 1. The highest BCUT2D eigenvalue weighted by atomic mass is 35.5. The van der Waals surface area contributed by atoms with Crippen molar-refractivity contribution in [2.45, 2.75) is 19.8 Å². The number of nitrogens with one attached hydrogen (secondary N) is 1. The van der Waals surface area contributed by atoms with Gasteiger partial charge in [0.25, 0.3) is 0 Å². The highest BCUT2D eigenvalue weighted by Crippen LogP contribution is 2.40. The van der Waals surface area contributed by atoms with E-state index in [9.17, 15) is 14.0 Å². The molecule has 1 aromatic heterocycles. The van der Waals surface area contributed by atoms with E-state index in [1.807, 2.05) is 0 Å². The van der Waals surface area contributed by atoms with Gasteiger partial charge in [-0.05, 0) is 37.1 Å². The number of thiazole rings is 1. The lowest BCUT2D eigenvalue weighted by Gasteiger charge is -2.01. The zero-order valence-electron chi connectivity index (χ0n) is 12.7. The molecule has 0 radical (unpaired) electrons. The number of carbonyl (C=O) groups excluding carboxylic acids is 1. The largest absolute Gasteiger partial charge is 0.481 e. The van der Waals surface area contributed by atoms with E-state index in [0.29, 0.717) is 34.1 Å². The molecule has 8 heteroatoms. The topological polar surface area (TPSA) is 79.3 Å². The van der Waals surface area contributed by atoms with Crippen molar-refractivity contribution >= 4 is 39.8 Å². The second kappa shape index (κ2) is 6.49. The maximum absolute atomic E-state index is 13.4. The van der Waals surface area contributed by atoms with Crippen molar-refractivity contribution in [3.8, 4) is 0 Å². The van der Waals surface area contributed by atoms with Gasteiger partial charge in [0.2, 0.25) is 5.91 Å². The van der Waals surface area contributed by atoms with E-state index in [1.54, 1.807) is 13.0 Å². The van der Waals surface area contributed by atoms with Gasteiger partial charge in [0.05, 0.1) is 22.5 Å². The van der Waals surface area contributed by atoms with Crippen LogP contribution in [0.2, 0.25) is 5.02 Å². The van der Waals surface area contributed by atoms with Gasteiger partial charge in [0, 0.05) is 11.4 Å². The van der Waals surface area contributed by atoms with E-state index >= 15 is 0 Å². The number of halogens is 2. The van der Waals surface area contributed by atoms with Gasteiger partial charge in [0.1, 0.15) is 10.8 Å². The fourth-order valence-electron chi connectivity index (χ4n) is 2.49. The summed E-state index contributed by atoms with van der Waals surface area (Å²) in [6.07, 6.45) is 0.772. The van der Waals surface area contributed by atoms with Gasteiger partial charge in [0.15, 0.2) is 0 Å². The van der Waals surface area contributed by atoms with E-state index < -0.39 is 23.6 Å². The van der Waals surface area contributed by atoms with Crippen LogP contribution < -0.4 is 5.32 Å². The summed E-state index contributed by atoms with van der Waals surface area (Å²) in [6, 6.07) is 4.29.